The molecular weight excluding hydrogens is 362 g/mol. The van der Waals surface area contributed by atoms with Gasteiger partial charge in [-0.1, -0.05) is 84.9 Å². The Labute approximate surface area is 168 Å². The van der Waals surface area contributed by atoms with Gasteiger partial charge in [-0.2, -0.15) is 0 Å². The van der Waals surface area contributed by atoms with Crippen LogP contribution in [0.3, 0.4) is 0 Å². The predicted molar refractivity (Wildman–Crippen MR) is 112 cm³/mol. The van der Waals surface area contributed by atoms with Crippen molar-refractivity contribution < 1.29 is 14.7 Å². The maximum atomic E-state index is 13.3. The highest BCUT2D eigenvalue weighted by atomic mass is 16.4. The number of rotatable bonds is 6. The molecule has 0 bridgehead atoms. The molecule has 4 rings (SSSR count). The molecule has 0 aliphatic heterocycles. The van der Waals surface area contributed by atoms with Crippen molar-refractivity contribution >= 4 is 22.5 Å². The van der Waals surface area contributed by atoms with Crippen LogP contribution in [-0.4, -0.2) is 21.8 Å². The summed E-state index contributed by atoms with van der Waals surface area (Å²) in [7, 11) is 0. The SMILES string of the molecule is O=C(O)[C@@H](C(=O)c1ccccc1)[C@@H](c1ccccc1)c1nccc2ccccc12. The Kier molecular flexibility index (Phi) is 5.16. The summed E-state index contributed by atoms with van der Waals surface area (Å²) in [6, 6.07) is 27.4. The second kappa shape index (κ2) is 8.07. The Morgan fingerprint density at radius 2 is 1.38 bits per heavy atom. The fraction of sp³-hybridized carbons (Fsp3) is 0.0800. The zero-order chi connectivity index (χ0) is 20.2. The quantitative estimate of drug-likeness (QED) is 0.379. The maximum Gasteiger partial charge on any atom is 0.315 e. The molecule has 29 heavy (non-hydrogen) atoms. The molecule has 0 saturated heterocycles. The number of fused-ring (bicyclic) bond motifs is 1. The number of carboxylic acid groups (broad SMARTS) is 1. The molecule has 0 radical (unpaired) electrons. The van der Waals surface area contributed by atoms with Gasteiger partial charge >= 0.3 is 5.97 Å². The van der Waals surface area contributed by atoms with Gasteiger partial charge in [0.25, 0.3) is 0 Å². The van der Waals surface area contributed by atoms with E-state index < -0.39 is 23.6 Å². The average Bonchev–Trinajstić information content (AvgIpc) is 2.77. The Balaban J connectivity index is 1.94. The van der Waals surface area contributed by atoms with Crippen LogP contribution in [0.25, 0.3) is 10.8 Å². The highest BCUT2D eigenvalue weighted by molar-refractivity contribution is 6.09. The number of hydrogen-bond acceptors (Lipinski definition) is 3. The lowest BCUT2D eigenvalue weighted by molar-refractivity contribution is -0.140. The van der Waals surface area contributed by atoms with Gasteiger partial charge in [-0.05, 0) is 17.0 Å². The molecule has 1 heterocycles. The molecule has 0 aliphatic carbocycles. The number of hydrogen-bond donors (Lipinski definition) is 1. The average molecular weight is 381 g/mol. The van der Waals surface area contributed by atoms with Crippen molar-refractivity contribution in [2.45, 2.75) is 5.92 Å². The summed E-state index contributed by atoms with van der Waals surface area (Å²) < 4.78 is 0. The molecule has 4 aromatic rings. The van der Waals surface area contributed by atoms with Crippen molar-refractivity contribution in [3.63, 3.8) is 0 Å². The van der Waals surface area contributed by atoms with E-state index in [1.807, 2.05) is 60.7 Å². The molecule has 0 unspecified atom stereocenters. The van der Waals surface area contributed by atoms with Crippen molar-refractivity contribution in [3.05, 3.63) is 114 Å². The van der Waals surface area contributed by atoms with E-state index in [0.29, 0.717) is 11.3 Å². The topological polar surface area (TPSA) is 67.3 Å². The number of benzene rings is 3. The Morgan fingerprint density at radius 3 is 2.07 bits per heavy atom. The van der Waals surface area contributed by atoms with Gasteiger partial charge in [-0.3, -0.25) is 14.6 Å². The van der Waals surface area contributed by atoms with Gasteiger partial charge in [0.1, 0.15) is 5.92 Å². The lowest BCUT2D eigenvalue weighted by Gasteiger charge is -2.24. The summed E-state index contributed by atoms with van der Waals surface area (Å²) in [5.74, 6) is -3.60. The smallest absolute Gasteiger partial charge is 0.315 e. The minimum absolute atomic E-state index is 0.376. The molecule has 1 N–H and O–H groups in total. The van der Waals surface area contributed by atoms with E-state index in [4.69, 9.17) is 0 Å². The highest BCUT2D eigenvalue weighted by Crippen LogP contribution is 2.36. The van der Waals surface area contributed by atoms with Crippen LogP contribution in [0.1, 0.15) is 27.5 Å². The third-order valence-corrected chi connectivity index (χ3v) is 5.10. The monoisotopic (exact) mass is 381 g/mol. The van der Waals surface area contributed by atoms with Gasteiger partial charge < -0.3 is 5.11 Å². The van der Waals surface area contributed by atoms with E-state index in [1.54, 1.807) is 36.5 Å². The summed E-state index contributed by atoms with van der Waals surface area (Å²) in [5.41, 5.74) is 1.71. The molecule has 0 aliphatic rings. The van der Waals surface area contributed by atoms with Crippen molar-refractivity contribution in [2.75, 3.05) is 0 Å². The van der Waals surface area contributed by atoms with Crippen LogP contribution in [0.2, 0.25) is 0 Å². The van der Waals surface area contributed by atoms with Crippen LogP contribution in [0.5, 0.6) is 0 Å². The largest absolute Gasteiger partial charge is 0.481 e. The molecule has 2 atom stereocenters. The zero-order valence-corrected chi connectivity index (χ0v) is 15.6. The summed E-state index contributed by atoms with van der Waals surface area (Å²) in [4.78, 5) is 30.2. The molecule has 0 amide bonds. The second-order valence-electron chi connectivity index (χ2n) is 6.85. The molecule has 0 saturated carbocycles. The first-order valence-corrected chi connectivity index (χ1v) is 9.37. The van der Waals surface area contributed by atoms with E-state index >= 15 is 0 Å². The van der Waals surface area contributed by atoms with E-state index in [2.05, 4.69) is 4.98 Å². The minimum atomic E-state index is -1.29. The molecule has 0 spiro atoms. The maximum absolute atomic E-state index is 13.3. The predicted octanol–water partition coefficient (Wildman–Crippen LogP) is 4.95. The second-order valence-corrected chi connectivity index (χ2v) is 6.85. The first-order valence-electron chi connectivity index (χ1n) is 9.37. The molecule has 3 aromatic carbocycles. The Morgan fingerprint density at radius 1 is 0.759 bits per heavy atom. The van der Waals surface area contributed by atoms with Gasteiger partial charge in [0.15, 0.2) is 5.78 Å². The third-order valence-electron chi connectivity index (χ3n) is 5.10. The third kappa shape index (κ3) is 3.65. The van der Waals surface area contributed by atoms with E-state index in [0.717, 1.165) is 16.3 Å². The Bertz CT molecular complexity index is 1150. The number of carboxylic acids is 1. The van der Waals surface area contributed by atoms with Gasteiger partial charge in [0.2, 0.25) is 0 Å². The van der Waals surface area contributed by atoms with Gasteiger partial charge in [-0.25, -0.2) is 0 Å². The number of aliphatic carboxylic acids is 1. The number of aromatic nitrogens is 1. The fourth-order valence-electron chi connectivity index (χ4n) is 3.75. The van der Waals surface area contributed by atoms with Gasteiger partial charge in [0, 0.05) is 23.1 Å². The first kappa shape index (κ1) is 18.6. The summed E-state index contributed by atoms with van der Waals surface area (Å²) in [6.07, 6.45) is 1.67. The van der Waals surface area contributed by atoms with Crippen LogP contribution in [-0.2, 0) is 4.79 Å². The summed E-state index contributed by atoms with van der Waals surface area (Å²) in [5, 5.41) is 11.9. The molecule has 4 heteroatoms. The van der Waals surface area contributed by atoms with Crippen molar-refractivity contribution in [3.8, 4) is 0 Å². The Hall–Kier alpha value is -3.79. The van der Waals surface area contributed by atoms with Crippen molar-refractivity contribution in [1.29, 1.82) is 0 Å². The highest BCUT2D eigenvalue weighted by Gasteiger charge is 2.38. The van der Waals surface area contributed by atoms with Gasteiger partial charge in [0.05, 0.1) is 5.69 Å². The van der Waals surface area contributed by atoms with Crippen molar-refractivity contribution in [2.24, 2.45) is 5.92 Å². The van der Waals surface area contributed by atoms with E-state index in [1.165, 1.54) is 0 Å². The molecule has 4 nitrogen and oxygen atoms in total. The van der Waals surface area contributed by atoms with Gasteiger partial charge in [-0.15, -0.1) is 0 Å². The van der Waals surface area contributed by atoms with Crippen LogP contribution >= 0.6 is 0 Å². The fourth-order valence-corrected chi connectivity index (χ4v) is 3.75. The molecule has 1 aromatic heterocycles. The van der Waals surface area contributed by atoms with Crippen LogP contribution < -0.4 is 0 Å². The van der Waals surface area contributed by atoms with Crippen molar-refractivity contribution in [1.82, 2.24) is 4.98 Å². The van der Waals surface area contributed by atoms with E-state index in [9.17, 15) is 14.7 Å². The van der Waals surface area contributed by atoms with Crippen LogP contribution in [0.4, 0.5) is 0 Å². The molecule has 0 fully saturated rings. The van der Waals surface area contributed by atoms with Crippen LogP contribution in [0, 0.1) is 5.92 Å². The minimum Gasteiger partial charge on any atom is -0.481 e. The van der Waals surface area contributed by atoms with Crippen LogP contribution in [0.15, 0.2) is 97.2 Å². The summed E-state index contributed by atoms with van der Waals surface area (Å²) >= 11 is 0. The lowest BCUT2D eigenvalue weighted by Crippen LogP contribution is -2.31. The number of pyridine rings is 1. The van der Waals surface area contributed by atoms with E-state index in [-0.39, 0.29) is 0 Å². The molecule has 142 valence electrons. The zero-order valence-electron chi connectivity index (χ0n) is 15.6. The number of ketones is 1. The molecular formula is C25H19NO3. The number of carbonyl (C=O) groups excluding carboxylic acids is 1. The number of Topliss-reactive ketones (excluding diaryl/α,β-unsaturated/α-hetero) is 1. The summed E-state index contributed by atoms with van der Waals surface area (Å²) in [6.45, 7) is 0. The normalized spacial score (nSPS) is 13.0. The number of carbonyl (C=O) groups is 2. The number of nitrogens with zero attached hydrogens (tertiary/aromatic N) is 1. The lowest BCUT2D eigenvalue weighted by atomic mass is 9.78. The standard InChI is InChI=1S/C25H19NO3/c27-24(19-12-5-2-6-13-19)22(25(28)29)21(18-10-3-1-4-11-18)23-20-14-8-7-9-17(20)15-16-26-23/h1-16,21-22H,(H,28,29)/t21-,22-/m1/s1. The first-order chi connectivity index (χ1) is 14.2.